The van der Waals surface area contributed by atoms with Gasteiger partial charge in [-0.15, -0.1) is 0 Å². The molecule has 1 aliphatic carbocycles. The number of anilines is 1. The molecule has 0 atom stereocenters. The molecule has 0 spiro atoms. The molecule has 7 nitrogen and oxygen atoms in total. The molecule has 0 saturated carbocycles. The zero-order valence-corrected chi connectivity index (χ0v) is 21.1. The minimum absolute atomic E-state index is 0.0322. The average molecular weight is 496 g/mol. The standard InChI is InChI=1S/C30H33N5O2/c31-19-26-25-13-7-8-14-27(25)35(24-11-5-2-6-12-24)29(26)33-28(36)21-34-17-15-23(16-18-34)30(37)32-20-22-9-3-1-4-10-22/h1-6,9-12,23H,7-8,13-18,20-21H2,(H,32,37)(H,33,36). The predicted octanol–water partition coefficient (Wildman–Crippen LogP) is 4.19. The number of nitriles is 1. The van der Waals surface area contributed by atoms with Crippen molar-refractivity contribution in [2.24, 2.45) is 5.92 Å². The van der Waals surface area contributed by atoms with Crippen LogP contribution in [0.1, 0.15) is 48.1 Å². The molecule has 0 bridgehead atoms. The first-order chi connectivity index (χ1) is 18.1. The highest BCUT2D eigenvalue weighted by molar-refractivity contribution is 5.94. The summed E-state index contributed by atoms with van der Waals surface area (Å²) in [5, 5.41) is 16.1. The maximum atomic E-state index is 13.2. The maximum Gasteiger partial charge on any atom is 0.239 e. The van der Waals surface area contributed by atoms with Gasteiger partial charge in [0.25, 0.3) is 0 Å². The first-order valence-corrected chi connectivity index (χ1v) is 13.2. The van der Waals surface area contributed by atoms with Crippen LogP contribution in [-0.4, -0.2) is 40.9 Å². The molecule has 1 aliphatic heterocycles. The molecular formula is C30H33N5O2. The number of carbonyl (C=O) groups excluding carboxylic acids is 2. The molecule has 2 aromatic carbocycles. The van der Waals surface area contributed by atoms with Crippen LogP contribution < -0.4 is 10.6 Å². The Morgan fingerprint density at radius 1 is 0.946 bits per heavy atom. The number of nitrogens with zero attached hydrogens (tertiary/aromatic N) is 3. The van der Waals surface area contributed by atoms with Gasteiger partial charge in [0.2, 0.25) is 11.8 Å². The molecule has 2 heterocycles. The number of carbonyl (C=O) groups is 2. The smallest absolute Gasteiger partial charge is 0.239 e. The number of piperidine rings is 1. The van der Waals surface area contributed by atoms with E-state index in [9.17, 15) is 14.9 Å². The summed E-state index contributed by atoms with van der Waals surface area (Å²) in [6.07, 6.45) is 5.35. The Morgan fingerprint density at radius 2 is 1.62 bits per heavy atom. The molecule has 1 fully saturated rings. The van der Waals surface area contributed by atoms with Gasteiger partial charge in [-0.1, -0.05) is 48.5 Å². The highest BCUT2D eigenvalue weighted by Crippen LogP contribution is 2.35. The van der Waals surface area contributed by atoms with Gasteiger partial charge in [-0.05, 0) is 74.9 Å². The van der Waals surface area contributed by atoms with Crippen molar-refractivity contribution in [3.8, 4) is 11.8 Å². The van der Waals surface area contributed by atoms with E-state index in [0.29, 0.717) is 31.0 Å². The summed E-state index contributed by atoms with van der Waals surface area (Å²) in [5.41, 5.74) is 4.82. The fraction of sp³-hybridized carbons (Fsp3) is 0.367. The Morgan fingerprint density at radius 3 is 2.32 bits per heavy atom. The predicted molar refractivity (Wildman–Crippen MR) is 143 cm³/mol. The number of para-hydroxylation sites is 1. The summed E-state index contributed by atoms with van der Waals surface area (Å²) in [6.45, 7) is 2.17. The Bertz CT molecular complexity index is 1290. The van der Waals surface area contributed by atoms with Crippen molar-refractivity contribution in [2.45, 2.75) is 45.1 Å². The normalized spacial score (nSPS) is 16.0. The Labute approximate surface area is 218 Å². The lowest BCUT2D eigenvalue weighted by molar-refractivity contribution is -0.126. The molecule has 1 saturated heterocycles. The van der Waals surface area contributed by atoms with Crippen LogP contribution in [0.2, 0.25) is 0 Å². The first kappa shape index (κ1) is 24.8. The van der Waals surface area contributed by atoms with Crippen molar-refractivity contribution in [1.82, 2.24) is 14.8 Å². The fourth-order valence-electron chi connectivity index (χ4n) is 5.55. The van der Waals surface area contributed by atoms with Crippen molar-refractivity contribution < 1.29 is 9.59 Å². The minimum atomic E-state index is -0.129. The zero-order chi connectivity index (χ0) is 25.6. The van der Waals surface area contributed by atoms with E-state index >= 15 is 0 Å². The van der Waals surface area contributed by atoms with E-state index in [0.717, 1.165) is 61.0 Å². The van der Waals surface area contributed by atoms with Crippen molar-refractivity contribution >= 4 is 17.6 Å². The van der Waals surface area contributed by atoms with Gasteiger partial charge in [0.1, 0.15) is 11.9 Å². The Kier molecular flexibility index (Phi) is 7.67. The second kappa shape index (κ2) is 11.4. The summed E-state index contributed by atoms with van der Waals surface area (Å²) >= 11 is 0. The zero-order valence-electron chi connectivity index (χ0n) is 21.1. The summed E-state index contributed by atoms with van der Waals surface area (Å²) in [4.78, 5) is 27.9. The molecule has 3 aromatic rings. The number of benzene rings is 2. The molecule has 190 valence electrons. The van der Waals surface area contributed by atoms with Crippen LogP contribution in [0.3, 0.4) is 0 Å². The van der Waals surface area contributed by atoms with Gasteiger partial charge < -0.3 is 10.6 Å². The largest absolute Gasteiger partial charge is 0.352 e. The SMILES string of the molecule is N#Cc1c2c(n(-c3ccccc3)c1NC(=O)CN1CCC(C(=O)NCc3ccccc3)CC1)CCCC2. The van der Waals surface area contributed by atoms with Gasteiger partial charge >= 0.3 is 0 Å². The van der Waals surface area contributed by atoms with E-state index < -0.39 is 0 Å². The van der Waals surface area contributed by atoms with Gasteiger partial charge in [0, 0.05) is 23.8 Å². The number of likely N-dealkylation sites (tertiary alicyclic amines) is 1. The number of fused-ring (bicyclic) bond motifs is 1. The number of nitrogens with one attached hydrogen (secondary N) is 2. The van der Waals surface area contributed by atoms with Crippen LogP contribution in [0.25, 0.3) is 5.69 Å². The van der Waals surface area contributed by atoms with Gasteiger partial charge in [-0.3, -0.25) is 19.1 Å². The second-order valence-corrected chi connectivity index (χ2v) is 9.94. The molecule has 2 N–H and O–H groups in total. The maximum absolute atomic E-state index is 13.2. The number of aromatic nitrogens is 1. The lowest BCUT2D eigenvalue weighted by atomic mass is 9.95. The van der Waals surface area contributed by atoms with Crippen LogP contribution in [0, 0.1) is 17.2 Å². The van der Waals surface area contributed by atoms with Crippen molar-refractivity contribution in [2.75, 3.05) is 25.0 Å². The number of hydrogen-bond donors (Lipinski definition) is 2. The third-order valence-electron chi connectivity index (χ3n) is 7.49. The van der Waals surface area contributed by atoms with Gasteiger partial charge in [0.15, 0.2) is 0 Å². The highest BCUT2D eigenvalue weighted by Gasteiger charge is 2.29. The third-order valence-corrected chi connectivity index (χ3v) is 7.49. The summed E-state index contributed by atoms with van der Waals surface area (Å²) in [5.74, 6) is 0.504. The van der Waals surface area contributed by atoms with E-state index in [1.54, 1.807) is 0 Å². The Hall–Kier alpha value is -3.89. The summed E-state index contributed by atoms with van der Waals surface area (Å²) < 4.78 is 2.06. The number of rotatable bonds is 7. The molecule has 5 rings (SSSR count). The molecule has 0 unspecified atom stereocenters. The van der Waals surface area contributed by atoms with E-state index in [1.165, 1.54) is 0 Å². The molecule has 0 radical (unpaired) electrons. The van der Waals surface area contributed by atoms with Crippen LogP contribution in [-0.2, 0) is 29.0 Å². The van der Waals surface area contributed by atoms with Crippen molar-refractivity contribution in [3.05, 3.63) is 83.0 Å². The third kappa shape index (κ3) is 5.60. The highest BCUT2D eigenvalue weighted by atomic mass is 16.2. The van der Waals surface area contributed by atoms with Gasteiger partial charge in [0.05, 0.1) is 12.1 Å². The average Bonchev–Trinajstić information content (AvgIpc) is 3.25. The monoisotopic (exact) mass is 495 g/mol. The molecule has 7 heteroatoms. The van der Waals surface area contributed by atoms with E-state index in [-0.39, 0.29) is 24.3 Å². The van der Waals surface area contributed by atoms with Gasteiger partial charge in [-0.2, -0.15) is 5.26 Å². The topological polar surface area (TPSA) is 90.2 Å². The molecule has 1 aromatic heterocycles. The van der Waals surface area contributed by atoms with Crippen molar-refractivity contribution in [1.29, 1.82) is 5.26 Å². The fourth-order valence-corrected chi connectivity index (χ4v) is 5.55. The van der Waals surface area contributed by atoms with Gasteiger partial charge in [-0.25, -0.2) is 0 Å². The summed E-state index contributed by atoms with van der Waals surface area (Å²) in [6, 6.07) is 22.2. The summed E-state index contributed by atoms with van der Waals surface area (Å²) in [7, 11) is 0. The van der Waals surface area contributed by atoms with Crippen molar-refractivity contribution in [3.63, 3.8) is 0 Å². The van der Waals surface area contributed by atoms with Crippen LogP contribution in [0.15, 0.2) is 60.7 Å². The van der Waals surface area contributed by atoms with E-state index in [1.807, 2.05) is 60.7 Å². The lowest BCUT2D eigenvalue weighted by Gasteiger charge is -2.30. The Balaban J connectivity index is 1.21. The number of hydrogen-bond acceptors (Lipinski definition) is 4. The molecule has 37 heavy (non-hydrogen) atoms. The molecular weight excluding hydrogens is 462 g/mol. The number of amides is 2. The second-order valence-electron chi connectivity index (χ2n) is 9.94. The lowest BCUT2D eigenvalue weighted by Crippen LogP contribution is -2.43. The van der Waals surface area contributed by atoms with Crippen LogP contribution in [0.4, 0.5) is 5.82 Å². The minimum Gasteiger partial charge on any atom is -0.352 e. The van der Waals surface area contributed by atoms with E-state index in [4.69, 9.17) is 0 Å². The van der Waals surface area contributed by atoms with Crippen LogP contribution in [0.5, 0.6) is 0 Å². The first-order valence-electron chi connectivity index (χ1n) is 13.2. The van der Waals surface area contributed by atoms with E-state index in [2.05, 4.69) is 26.2 Å². The molecule has 2 amide bonds. The molecule has 2 aliphatic rings. The quantitative estimate of drug-likeness (QED) is 0.514. The van der Waals surface area contributed by atoms with Crippen LogP contribution >= 0.6 is 0 Å².